The number of nitrogens with zero attached hydrogens (tertiary/aromatic N) is 4. The second-order valence-electron chi connectivity index (χ2n) is 10.7. The van der Waals surface area contributed by atoms with Crippen molar-refractivity contribution in [3.8, 4) is 5.88 Å². The van der Waals surface area contributed by atoms with Gasteiger partial charge in [0.15, 0.2) is 5.82 Å². The Labute approximate surface area is 236 Å². The summed E-state index contributed by atoms with van der Waals surface area (Å²) in [5.74, 6) is 0.481. The van der Waals surface area contributed by atoms with Crippen LogP contribution in [0.3, 0.4) is 0 Å². The molecular formula is C32H40N4O4. The number of anilines is 2. The molecule has 1 aromatic heterocycles. The molecule has 1 unspecified atom stereocenters. The van der Waals surface area contributed by atoms with E-state index >= 15 is 0 Å². The zero-order chi connectivity index (χ0) is 27.9. The Hall–Kier alpha value is -3.65. The number of benzene rings is 2. The van der Waals surface area contributed by atoms with Crippen molar-refractivity contribution in [2.45, 2.75) is 58.5 Å². The van der Waals surface area contributed by atoms with Crippen molar-refractivity contribution < 1.29 is 19.1 Å². The first-order chi connectivity index (χ1) is 19.5. The minimum Gasteiger partial charge on any atom is -0.478 e. The summed E-state index contributed by atoms with van der Waals surface area (Å²) >= 11 is 0. The molecule has 1 atom stereocenters. The number of amides is 2. The van der Waals surface area contributed by atoms with Crippen LogP contribution < -0.4 is 14.5 Å². The maximum Gasteiger partial charge on any atom is 0.422 e. The summed E-state index contributed by atoms with van der Waals surface area (Å²) in [7, 11) is 0. The van der Waals surface area contributed by atoms with Crippen LogP contribution in [-0.4, -0.2) is 67.3 Å². The standard InChI is InChI=1S/C32H40N4O4/c1-3-9-24(2)40-32(38)36-30(37)17-15-26-14-16-29(33-31(26)36)39-23-7-6-18-34-19-21-35(22-20-34)28-13-8-11-25-10-4-5-12-27(25)28/h4-5,8,10-14,16,24H,3,6-7,9,15,17-23H2,1-2H3. The highest BCUT2D eigenvalue weighted by atomic mass is 16.6. The lowest BCUT2D eigenvalue weighted by atomic mass is 10.1. The van der Waals surface area contributed by atoms with Gasteiger partial charge in [-0.1, -0.05) is 49.7 Å². The number of aromatic nitrogens is 1. The molecule has 1 saturated heterocycles. The summed E-state index contributed by atoms with van der Waals surface area (Å²) in [5, 5.41) is 2.61. The van der Waals surface area contributed by atoms with Gasteiger partial charge < -0.3 is 14.4 Å². The number of carbonyl (C=O) groups is 2. The molecule has 40 heavy (non-hydrogen) atoms. The van der Waals surface area contributed by atoms with Crippen molar-refractivity contribution in [2.75, 3.05) is 49.1 Å². The van der Waals surface area contributed by atoms with Gasteiger partial charge in [0.1, 0.15) is 6.10 Å². The van der Waals surface area contributed by atoms with Gasteiger partial charge in [0.2, 0.25) is 11.8 Å². The van der Waals surface area contributed by atoms with Gasteiger partial charge in [-0.3, -0.25) is 9.69 Å². The number of imide groups is 1. The quantitative estimate of drug-likeness (QED) is 0.298. The van der Waals surface area contributed by atoms with Crippen molar-refractivity contribution in [1.29, 1.82) is 0 Å². The number of carbonyl (C=O) groups excluding carboxylic acids is 2. The highest BCUT2D eigenvalue weighted by Gasteiger charge is 2.33. The van der Waals surface area contributed by atoms with E-state index in [1.165, 1.54) is 16.5 Å². The van der Waals surface area contributed by atoms with Crippen molar-refractivity contribution in [3.05, 3.63) is 60.2 Å². The van der Waals surface area contributed by atoms with Gasteiger partial charge in [0.25, 0.3) is 0 Å². The summed E-state index contributed by atoms with van der Waals surface area (Å²) in [6, 6.07) is 18.9. The predicted molar refractivity (Wildman–Crippen MR) is 158 cm³/mol. The summed E-state index contributed by atoms with van der Waals surface area (Å²) in [4.78, 5) is 36.0. The number of hydrogen-bond donors (Lipinski definition) is 0. The Morgan fingerprint density at radius 2 is 1.77 bits per heavy atom. The lowest BCUT2D eigenvalue weighted by molar-refractivity contribution is -0.118. The first kappa shape index (κ1) is 27.9. The fourth-order valence-corrected chi connectivity index (χ4v) is 5.59. The van der Waals surface area contributed by atoms with Gasteiger partial charge in [-0.05, 0) is 62.2 Å². The van der Waals surface area contributed by atoms with E-state index in [0.717, 1.165) is 68.9 Å². The molecule has 8 heteroatoms. The Balaban J connectivity index is 1.08. The van der Waals surface area contributed by atoms with Crippen LogP contribution in [0.5, 0.6) is 5.88 Å². The molecule has 2 aliphatic heterocycles. The molecule has 0 saturated carbocycles. The van der Waals surface area contributed by atoms with Crippen molar-refractivity contribution >= 4 is 34.3 Å². The summed E-state index contributed by atoms with van der Waals surface area (Å²) in [6.45, 7) is 9.60. The third-order valence-corrected chi connectivity index (χ3v) is 7.78. The van der Waals surface area contributed by atoms with E-state index in [2.05, 4.69) is 57.2 Å². The monoisotopic (exact) mass is 544 g/mol. The number of unbranched alkanes of at least 4 members (excludes halogenated alkanes) is 1. The lowest BCUT2D eigenvalue weighted by Gasteiger charge is -2.36. The van der Waals surface area contributed by atoms with E-state index in [4.69, 9.17) is 9.47 Å². The second-order valence-corrected chi connectivity index (χ2v) is 10.7. The molecule has 212 valence electrons. The lowest BCUT2D eigenvalue weighted by Crippen LogP contribution is -2.46. The minimum absolute atomic E-state index is 0.253. The molecule has 2 aliphatic rings. The number of piperazine rings is 1. The molecule has 8 nitrogen and oxygen atoms in total. The highest BCUT2D eigenvalue weighted by molar-refractivity contribution is 6.13. The van der Waals surface area contributed by atoms with E-state index in [1.807, 2.05) is 26.0 Å². The maximum absolute atomic E-state index is 12.8. The molecule has 0 spiro atoms. The predicted octanol–water partition coefficient (Wildman–Crippen LogP) is 5.82. The SMILES string of the molecule is CCCC(C)OC(=O)N1C(=O)CCc2ccc(OCCCCN3CCN(c4cccc5ccccc45)CC3)nc21. The molecule has 3 aromatic rings. The van der Waals surface area contributed by atoms with Gasteiger partial charge in [0.05, 0.1) is 6.61 Å². The van der Waals surface area contributed by atoms with Crippen LogP contribution in [0.2, 0.25) is 0 Å². The van der Waals surface area contributed by atoms with Crippen LogP contribution in [-0.2, 0) is 16.0 Å². The topological polar surface area (TPSA) is 75.2 Å². The van der Waals surface area contributed by atoms with Crippen LogP contribution in [0.1, 0.15) is 51.5 Å². The van der Waals surface area contributed by atoms with E-state index < -0.39 is 6.09 Å². The minimum atomic E-state index is -0.655. The molecule has 0 N–H and O–H groups in total. The number of ether oxygens (including phenoxy) is 2. The molecular weight excluding hydrogens is 504 g/mol. The molecule has 2 aromatic carbocycles. The van der Waals surface area contributed by atoms with E-state index in [9.17, 15) is 9.59 Å². The fraction of sp³-hybridized carbons (Fsp3) is 0.469. The Morgan fingerprint density at radius 3 is 2.60 bits per heavy atom. The molecule has 0 aliphatic carbocycles. The number of rotatable bonds is 10. The van der Waals surface area contributed by atoms with Crippen molar-refractivity contribution in [1.82, 2.24) is 9.88 Å². The van der Waals surface area contributed by atoms with Crippen LogP contribution in [0.15, 0.2) is 54.6 Å². The molecule has 2 amide bonds. The molecule has 1 fully saturated rings. The normalized spacial score (nSPS) is 16.6. The first-order valence-corrected chi connectivity index (χ1v) is 14.6. The molecule has 0 bridgehead atoms. The number of aryl methyl sites for hydroxylation is 1. The number of pyridine rings is 1. The average molecular weight is 545 g/mol. The number of fused-ring (bicyclic) bond motifs is 2. The fourth-order valence-electron chi connectivity index (χ4n) is 5.59. The first-order valence-electron chi connectivity index (χ1n) is 14.6. The Kier molecular flexibility index (Phi) is 9.16. The van der Waals surface area contributed by atoms with Crippen LogP contribution in [0.4, 0.5) is 16.3 Å². The smallest absolute Gasteiger partial charge is 0.422 e. The summed E-state index contributed by atoms with van der Waals surface area (Å²) < 4.78 is 11.4. The summed E-state index contributed by atoms with van der Waals surface area (Å²) in [6.07, 6.45) is 3.50. The van der Waals surface area contributed by atoms with E-state index in [0.29, 0.717) is 24.7 Å². The zero-order valence-electron chi connectivity index (χ0n) is 23.7. The molecule has 0 radical (unpaired) electrons. The van der Waals surface area contributed by atoms with Gasteiger partial charge in [-0.15, -0.1) is 0 Å². The van der Waals surface area contributed by atoms with Crippen molar-refractivity contribution in [2.24, 2.45) is 0 Å². The number of hydrogen-bond acceptors (Lipinski definition) is 7. The Bertz CT molecular complexity index is 1320. The Morgan fingerprint density at radius 1 is 0.975 bits per heavy atom. The van der Waals surface area contributed by atoms with Crippen LogP contribution in [0.25, 0.3) is 10.8 Å². The van der Waals surface area contributed by atoms with E-state index in [-0.39, 0.29) is 18.4 Å². The zero-order valence-corrected chi connectivity index (χ0v) is 23.7. The largest absolute Gasteiger partial charge is 0.478 e. The third kappa shape index (κ3) is 6.55. The van der Waals surface area contributed by atoms with Crippen molar-refractivity contribution in [3.63, 3.8) is 0 Å². The maximum atomic E-state index is 12.8. The molecule has 5 rings (SSSR count). The summed E-state index contributed by atoms with van der Waals surface area (Å²) in [5.41, 5.74) is 2.18. The third-order valence-electron chi connectivity index (χ3n) is 7.78. The van der Waals surface area contributed by atoms with Gasteiger partial charge >= 0.3 is 6.09 Å². The molecule has 3 heterocycles. The van der Waals surface area contributed by atoms with E-state index in [1.54, 1.807) is 0 Å². The average Bonchev–Trinajstić information content (AvgIpc) is 2.97. The van der Waals surface area contributed by atoms with Gasteiger partial charge in [-0.2, -0.15) is 9.88 Å². The van der Waals surface area contributed by atoms with Gasteiger partial charge in [0, 0.05) is 49.7 Å². The second kappa shape index (κ2) is 13.1. The van der Waals surface area contributed by atoms with Crippen LogP contribution in [0, 0.1) is 0 Å². The van der Waals surface area contributed by atoms with Gasteiger partial charge in [-0.25, -0.2) is 4.79 Å². The highest BCUT2D eigenvalue weighted by Crippen LogP contribution is 2.30. The van der Waals surface area contributed by atoms with Crippen LogP contribution >= 0.6 is 0 Å².